The first-order valence-corrected chi connectivity index (χ1v) is 8.34. The van der Waals surface area contributed by atoms with Crippen molar-refractivity contribution < 1.29 is 0 Å². The molecule has 0 spiro atoms. The molecule has 0 heterocycles. The van der Waals surface area contributed by atoms with Crippen molar-refractivity contribution in [1.82, 2.24) is 5.32 Å². The standard InChI is InChI=1S/C16H25NS/c1-12-6-4-5-7-16(12)13(2)17-14-8-10-15(18-3)11-9-14/h4-7,13-15,17H,8-11H2,1-3H3. The smallest absolute Gasteiger partial charge is 0.0296 e. The summed E-state index contributed by atoms with van der Waals surface area (Å²) >= 11 is 2.04. The number of aryl methyl sites for hydroxylation is 1. The molecule has 0 saturated heterocycles. The number of thioether (sulfide) groups is 1. The Bertz CT molecular complexity index is 369. The van der Waals surface area contributed by atoms with E-state index in [9.17, 15) is 0 Å². The second-order valence-corrected chi connectivity index (χ2v) is 6.59. The van der Waals surface area contributed by atoms with Crippen LogP contribution in [-0.4, -0.2) is 17.5 Å². The molecule has 0 bridgehead atoms. The third-order valence-electron chi connectivity index (χ3n) is 4.15. The summed E-state index contributed by atoms with van der Waals surface area (Å²) in [6.45, 7) is 4.50. The number of hydrogen-bond donors (Lipinski definition) is 1. The Hall–Kier alpha value is -0.470. The van der Waals surface area contributed by atoms with E-state index in [0.29, 0.717) is 12.1 Å². The fraction of sp³-hybridized carbons (Fsp3) is 0.625. The van der Waals surface area contributed by atoms with Gasteiger partial charge in [-0.2, -0.15) is 11.8 Å². The van der Waals surface area contributed by atoms with Gasteiger partial charge in [-0.3, -0.25) is 0 Å². The molecular weight excluding hydrogens is 238 g/mol. The Morgan fingerprint density at radius 3 is 2.44 bits per heavy atom. The zero-order valence-corrected chi connectivity index (χ0v) is 12.6. The van der Waals surface area contributed by atoms with Crippen molar-refractivity contribution in [2.24, 2.45) is 0 Å². The van der Waals surface area contributed by atoms with Crippen LogP contribution in [0.4, 0.5) is 0 Å². The van der Waals surface area contributed by atoms with Gasteiger partial charge in [0, 0.05) is 17.3 Å². The summed E-state index contributed by atoms with van der Waals surface area (Å²) in [7, 11) is 0. The Labute approximate surface area is 116 Å². The van der Waals surface area contributed by atoms with E-state index in [1.807, 2.05) is 11.8 Å². The molecule has 0 amide bonds. The Morgan fingerprint density at radius 1 is 1.17 bits per heavy atom. The molecule has 18 heavy (non-hydrogen) atoms. The van der Waals surface area contributed by atoms with Crippen LogP contribution in [0.1, 0.15) is 49.8 Å². The average Bonchev–Trinajstić information content (AvgIpc) is 2.40. The first kappa shape index (κ1) is 14.0. The zero-order valence-electron chi connectivity index (χ0n) is 11.8. The molecule has 1 atom stereocenters. The van der Waals surface area contributed by atoms with E-state index >= 15 is 0 Å². The maximum absolute atomic E-state index is 3.81. The first-order valence-electron chi connectivity index (χ1n) is 7.05. The molecule has 0 aromatic heterocycles. The van der Waals surface area contributed by atoms with Crippen LogP contribution in [0.3, 0.4) is 0 Å². The lowest BCUT2D eigenvalue weighted by atomic mass is 9.93. The molecule has 1 aliphatic rings. The third kappa shape index (κ3) is 3.52. The predicted octanol–water partition coefficient (Wildman–Crippen LogP) is 4.32. The Kier molecular flexibility index (Phi) is 5.13. The SMILES string of the molecule is CSC1CCC(NC(C)c2ccccc2C)CC1. The molecule has 1 nitrogen and oxygen atoms in total. The summed E-state index contributed by atoms with van der Waals surface area (Å²) in [5, 5.41) is 4.71. The summed E-state index contributed by atoms with van der Waals surface area (Å²) in [6, 6.07) is 9.91. The minimum absolute atomic E-state index is 0.474. The van der Waals surface area contributed by atoms with Crippen molar-refractivity contribution in [3.8, 4) is 0 Å². The van der Waals surface area contributed by atoms with Crippen LogP contribution in [0, 0.1) is 6.92 Å². The van der Waals surface area contributed by atoms with Crippen molar-refractivity contribution in [1.29, 1.82) is 0 Å². The van der Waals surface area contributed by atoms with Crippen molar-refractivity contribution in [2.75, 3.05) is 6.26 Å². The van der Waals surface area contributed by atoms with Crippen LogP contribution in [-0.2, 0) is 0 Å². The number of rotatable bonds is 4. The summed E-state index contributed by atoms with van der Waals surface area (Å²) in [5.41, 5.74) is 2.85. The summed E-state index contributed by atoms with van der Waals surface area (Å²) in [4.78, 5) is 0. The van der Waals surface area contributed by atoms with Gasteiger partial charge in [0.15, 0.2) is 0 Å². The quantitative estimate of drug-likeness (QED) is 0.868. The normalized spacial score (nSPS) is 25.9. The highest BCUT2D eigenvalue weighted by Crippen LogP contribution is 2.28. The lowest BCUT2D eigenvalue weighted by Gasteiger charge is -2.31. The van der Waals surface area contributed by atoms with Crippen molar-refractivity contribution in [3.05, 3.63) is 35.4 Å². The molecule has 1 unspecified atom stereocenters. The minimum atomic E-state index is 0.474. The molecule has 2 rings (SSSR count). The van der Waals surface area contributed by atoms with Gasteiger partial charge in [0.25, 0.3) is 0 Å². The van der Waals surface area contributed by atoms with Crippen LogP contribution in [0.25, 0.3) is 0 Å². The van der Waals surface area contributed by atoms with E-state index in [1.54, 1.807) is 0 Å². The van der Waals surface area contributed by atoms with Crippen LogP contribution < -0.4 is 5.32 Å². The van der Waals surface area contributed by atoms with Crippen LogP contribution in [0.2, 0.25) is 0 Å². The van der Waals surface area contributed by atoms with Crippen molar-refractivity contribution >= 4 is 11.8 Å². The van der Waals surface area contributed by atoms with E-state index in [-0.39, 0.29) is 0 Å². The highest BCUT2D eigenvalue weighted by atomic mass is 32.2. The summed E-state index contributed by atoms with van der Waals surface area (Å²) in [5.74, 6) is 0. The number of nitrogens with one attached hydrogen (secondary N) is 1. The molecule has 1 saturated carbocycles. The molecule has 100 valence electrons. The predicted molar refractivity (Wildman–Crippen MR) is 82.3 cm³/mol. The van der Waals surface area contributed by atoms with Crippen LogP contribution in [0.15, 0.2) is 24.3 Å². The Morgan fingerprint density at radius 2 is 1.83 bits per heavy atom. The van der Waals surface area contributed by atoms with Gasteiger partial charge in [-0.25, -0.2) is 0 Å². The summed E-state index contributed by atoms with van der Waals surface area (Å²) in [6.07, 6.45) is 7.66. The maximum Gasteiger partial charge on any atom is 0.0296 e. The topological polar surface area (TPSA) is 12.0 Å². The van der Waals surface area contributed by atoms with Gasteiger partial charge in [0.2, 0.25) is 0 Å². The number of hydrogen-bond acceptors (Lipinski definition) is 2. The van der Waals surface area contributed by atoms with E-state index in [4.69, 9.17) is 0 Å². The minimum Gasteiger partial charge on any atom is -0.307 e. The fourth-order valence-electron chi connectivity index (χ4n) is 2.98. The van der Waals surface area contributed by atoms with E-state index < -0.39 is 0 Å². The highest BCUT2D eigenvalue weighted by Gasteiger charge is 2.22. The molecule has 0 radical (unpaired) electrons. The van der Waals surface area contributed by atoms with Gasteiger partial charge in [-0.1, -0.05) is 24.3 Å². The van der Waals surface area contributed by atoms with Gasteiger partial charge in [0.1, 0.15) is 0 Å². The Balaban J connectivity index is 1.89. The molecule has 1 aromatic rings. The number of benzene rings is 1. The molecule has 0 aliphatic heterocycles. The highest BCUT2D eigenvalue weighted by molar-refractivity contribution is 7.99. The maximum atomic E-state index is 3.81. The molecule has 2 heteroatoms. The third-order valence-corrected chi connectivity index (χ3v) is 5.29. The van der Waals surface area contributed by atoms with E-state index in [2.05, 4.69) is 49.7 Å². The zero-order chi connectivity index (χ0) is 13.0. The second-order valence-electron chi connectivity index (χ2n) is 5.45. The molecule has 1 aromatic carbocycles. The van der Waals surface area contributed by atoms with Gasteiger partial charge in [-0.05, 0) is 56.9 Å². The van der Waals surface area contributed by atoms with Crippen molar-refractivity contribution in [3.63, 3.8) is 0 Å². The van der Waals surface area contributed by atoms with Gasteiger partial charge < -0.3 is 5.32 Å². The van der Waals surface area contributed by atoms with E-state index in [1.165, 1.54) is 36.8 Å². The molecule has 1 fully saturated rings. The monoisotopic (exact) mass is 263 g/mol. The van der Waals surface area contributed by atoms with Crippen LogP contribution in [0.5, 0.6) is 0 Å². The molecule has 1 aliphatic carbocycles. The largest absolute Gasteiger partial charge is 0.307 e. The van der Waals surface area contributed by atoms with Crippen LogP contribution >= 0.6 is 11.8 Å². The molecule has 1 N–H and O–H groups in total. The fourth-order valence-corrected chi connectivity index (χ4v) is 3.72. The van der Waals surface area contributed by atoms with E-state index in [0.717, 1.165) is 5.25 Å². The second kappa shape index (κ2) is 6.63. The van der Waals surface area contributed by atoms with Gasteiger partial charge in [-0.15, -0.1) is 0 Å². The van der Waals surface area contributed by atoms with Gasteiger partial charge in [0.05, 0.1) is 0 Å². The lowest BCUT2D eigenvalue weighted by molar-refractivity contribution is 0.352. The summed E-state index contributed by atoms with van der Waals surface area (Å²) < 4.78 is 0. The van der Waals surface area contributed by atoms with Gasteiger partial charge >= 0.3 is 0 Å². The van der Waals surface area contributed by atoms with Crippen molar-refractivity contribution in [2.45, 2.75) is 56.9 Å². The lowest BCUT2D eigenvalue weighted by Crippen LogP contribution is -2.35. The molecular formula is C16H25NS. The first-order chi connectivity index (χ1) is 8.70. The average molecular weight is 263 g/mol.